The van der Waals surface area contributed by atoms with Crippen LogP contribution < -0.4 is 16.4 Å². The second kappa shape index (κ2) is 13.2. The van der Waals surface area contributed by atoms with Gasteiger partial charge in [0.2, 0.25) is 17.7 Å². The topological polar surface area (TPSA) is 105 Å². The number of rotatable bonds is 8. The Bertz CT molecular complexity index is 1330. The Morgan fingerprint density at radius 3 is 2.28 bits per heavy atom. The molecule has 3 aromatic rings. The van der Waals surface area contributed by atoms with Crippen LogP contribution in [0.3, 0.4) is 0 Å². The van der Waals surface area contributed by atoms with Crippen LogP contribution in [0.2, 0.25) is 0 Å². The number of carbonyl (C=O) groups is 3. The lowest BCUT2D eigenvalue weighted by Crippen LogP contribution is -2.37. The second-order valence-electron chi connectivity index (χ2n) is 9.81. The fourth-order valence-corrected chi connectivity index (χ4v) is 5.03. The summed E-state index contributed by atoms with van der Waals surface area (Å²) in [5.74, 6) is -0.238. The van der Waals surface area contributed by atoms with E-state index in [9.17, 15) is 14.4 Å². The third kappa shape index (κ3) is 8.04. The molecule has 3 amide bonds. The van der Waals surface area contributed by atoms with Crippen LogP contribution in [0.4, 0.5) is 17.1 Å². The monoisotopic (exact) mass is 588 g/mol. The molecule has 202 valence electrons. The maximum Gasteiger partial charge on any atom is 0.248 e. The van der Waals surface area contributed by atoms with Crippen molar-refractivity contribution >= 4 is 56.8 Å². The Balaban J connectivity index is 1.46. The van der Waals surface area contributed by atoms with Crippen LogP contribution in [-0.2, 0) is 14.4 Å². The maximum atomic E-state index is 13.5. The summed E-state index contributed by atoms with van der Waals surface area (Å²) in [7, 11) is 0. The van der Waals surface area contributed by atoms with Crippen molar-refractivity contribution in [3.05, 3.63) is 94.5 Å². The number of nitrogen functional groups attached to an aromatic ring is 1. The number of nitrogens with one attached hydrogen (secondary N) is 2. The molecular formula is C31H33BrN4O3. The van der Waals surface area contributed by atoms with Gasteiger partial charge in [-0.05, 0) is 78.8 Å². The number of likely N-dealkylation sites (tertiary alicyclic amines) is 1. The number of piperidine rings is 1. The highest BCUT2D eigenvalue weighted by Gasteiger charge is 2.28. The Morgan fingerprint density at radius 1 is 0.974 bits per heavy atom. The lowest BCUT2D eigenvalue weighted by molar-refractivity contribution is -0.130. The van der Waals surface area contributed by atoms with Crippen LogP contribution in [0.5, 0.6) is 0 Å². The summed E-state index contributed by atoms with van der Waals surface area (Å²) in [5, 5.41) is 5.84. The zero-order valence-corrected chi connectivity index (χ0v) is 23.5. The molecule has 4 rings (SSSR count). The van der Waals surface area contributed by atoms with Gasteiger partial charge in [-0.2, -0.15) is 0 Å². The Morgan fingerprint density at radius 2 is 1.64 bits per heavy atom. The van der Waals surface area contributed by atoms with Gasteiger partial charge in [-0.15, -0.1) is 0 Å². The highest BCUT2D eigenvalue weighted by molar-refractivity contribution is 9.10. The summed E-state index contributed by atoms with van der Waals surface area (Å²) in [4.78, 5) is 39.4. The summed E-state index contributed by atoms with van der Waals surface area (Å²) in [6.45, 7) is 3.05. The van der Waals surface area contributed by atoms with E-state index < -0.39 is 0 Å². The summed E-state index contributed by atoms with van der Waals surface area (Å²) >= 11 is 3.43. The van der Waals surface area contributed by atoms with Gasteiger partial charge in [0.05, 0.1) is 17.3 Å². The molecule has 4 N–H and O–H groups in total. The molecule has 0 aromatic heterocycles. The largest absolute Gasteiger partial charge is 0.397 e. The van der Waals surface area contributed by atoms with E-state index in [1.54, 1.807) is 25.1 Å². The molecule has 0 spiro atoms. The van der Waals surface area contributed by atoms with E-state index >= 15 is 0 Å². The molecule has 8 heteroatoms. The zero-order chi connectivity index (χ0) is 27.8. The van der Waals surface area contributed by atoms with Gasteiger partial charge in [0.15, 0.2) is 0 Å². The fourth-order valence-electron chi connectivity index (χ4n) is 4.77. The molecule has 1 heterocycles. The molecule has 1 atom stereocenters. The summed E-state index contributed by atoms with van der Waals surface area (Å²) < 4.78 is 0.943. The minimum absolute atomic E-state index is 0.0607. The molecule has 1 unspecified atom stereocenters. The standard InChI is InChI=1S/C31H33BrN4O3/c1-21(37)36-18-16-23(17-19-36)20-27(31(39)34-26-13-11-25(32)12-14-26)24-9-6-22(7-10-24)8-15-30(38)35-29-5-3-2-4-28(29)33/h2-15,23,27H,16-20,33H2,1H3,(H,34,39)(H,35,38). The molecule has 7 nitrogen and oxygen atoms in total. The minimum atomic E-state index is -0.343. The maximum absolute atomic E-state index is 13.5. The number of anilines is 3. The number of nitrogens with zero attached hydrogens (tertiary/aromatic N) is 1. The van der Waals surface area contributed by atoms with Gasteiger partial charge in [0.1, 0.15) is 0 Å². The van der Waals surface area contributed by atoms with Crippen molar-refractivity contribution in [2.75, 3.05) is 29.5 Å². The number of hydrogen-bond donors (Lipinski definition) is 3. The van der Waals surface area contributed by atoms with Gasteiger partial charge in [-0.25, -0.2) is 0 Å². The van der Waals surface area contributed by atoms with Gasteiger partial charge < -0.3 is 21.3 Å². The van der Waals surface area contributed by atoms with Gasteiger partial charge in [-0.3, -0.25) is 14.4 Å². The Labute approximate surface area is 237 Å². The van der Waals surface area contributed by atoms with Gasteiger partial charge in [0.25, 0.3) is 0 Å². The van der Waals surface area contributed by atoms with E-state index in [-0.39, 0.29) is 23.6 Å². The highest BCUT2D eigenvalue weighted by Crippen LogP contribution is 2.32. The first-order valence-corrected chi connectivity index (χ1v) is 13.8. The predicted octanol–water partition coefficient (Wildman–Crippen LogP) is 6.05. The van der Waals surface area contributed by atoms with E-state index in [0.717, 1.165) is 47.2 Å². The molecule has 1 aliphatic heterocycles. The molecule has 0 saturated carbocycles. The van der Waals surface area contributed by atoms with Crippen molar-refractivity contribution in [3.63, 3.8) is 0 Å². The summed E-state index contributed by atoms with van der Waals surface area (Å²) in [6.07, 6.45) is 5.64. The number of amides is 3. The quantitative estimate of drug-likeness (QED) is 0.220. The number of halogens is 1. The van der Waals surface area contributed by atoms with Crippen molar-refractivity contribution in [3.8, 4) is 0 Å². The molecule has 39 heavy (non-hydrogen) atoms. The molecule has 1 aliphatic rings. The molecule has 1 saturated heterocycles. The predicted molar refractivity (Wildman–Crippen MR) is 160 cm³/mol. The van der Waals surface area contributed by atoms with E-state index in [1.165, 1.54) is 6.08 Å². The molecule has 0 radical (unpaired) electrons. The lowest BCUT2D eigenvalue weighted by atomic mass is 9.83. The van der Waals surface area contributed by atoms with E-state index in [4.69, 9.17) is 5.73 Å². The zero-order valence-electron chi connectivity index (χ0n) is 21.9. The summed E-state index contributed by atoms with van der Waals surface area (Å²) in [5.41, 5.74) is 9.46. The number of hydrogen-bond acceptors (Lipinski definition) is 4. The van der Waals surface area contributed by atoms with E-state index in [1.807, 2.05) is 65.6 Å². The first-order valence-electron chi connectivity index (χ1n) is 13.0. The average Bonchev–Trinajstić information content (AvgIpc) is 2.93. The lowest BCUT2D eigenvalue weighted by Gasteiger charge is -2.33. The Kier molecular flexibility index (Phi) is 9.54. The number of nitrogens with two attached hydrogens (primary N) is 1. The number of para-hydroxylation sites is 2. The van der Waals surface area contributed by atoms with Crippen molar-refractivity contribution in [2.45, 2.75) is 32.1 Å². The highest BCUT2D eigenvalue weighted by atomic mass is 79.9. The van der Waals surface area contributed by atoms with Gasteiger partial charge >= 0.3 is 0 Å². The normalized spacial score (nSPS) is 14.7. The van der Waals surface area contributed by atoms with Crippen LogP contribution in [0.15, 0.2) is 83.3 Å². The van der Waals surface area contributed by atoms with Crippen LogP contribution in [0.25, 0.3) is 6.08 Å². The number of carbonyl (C=O) groups excluding carboxylic acids is 3. The van der Waals surface area contributed by atoms with Crippen LogP contribution >= 0.6 is 15.9 Å². The van der Waals surface area contributed by atoms with Crippen molar-refractivity contribution in [1.82, 2.24) is 4.90 Å². The van der Waals surface area contributed by atoms with Crippen molar-refractivity contribution in [2.24, 2.45) is 5.92 Å². The van der Waals surface area contributed by atoms with Crippen LogP contribution in [-0.4, -0.2) is 35.7 Å². The first-order chi connectivity index (χ1) is 18.8. The third-order valence-electron chi connectivity index (χ3n) is 7.04. The molecular weight excluding hydrogens is 556 g/mol. The van der Waals surface area contributed by atoms with E-state index in [0.29, 0.717) is 23.7 Å². The van der Waals surface area contributed by atoms with Crippen molar-refractivity contribution < 1.29 is 14.4 Å². The number of benzene rings is 3. The molecule has 0 aliphatic carbocycles. The molecule has 3 aromatic carbocycles. The first kappa shape index (κ1) is 28.1. The Hall–Kier alpha value is -3.91. The summed E-state index contributed by atoms with van der Waals surface area (Å²) in [6, 6.07) is 22.3. The van der Waals surface area contributed by atoms with Gasteiger partial charge in [-0.1, -0.05) is 52.3 Å². The van der Waals surface area contributed by atoms with Crippen LogP contribution in [0.1, 0.15) is 43.2 Å². The smallest absolute Gasteiger partial charge is 0.248 e. The van der Waals surface area contributed by atoms with E-state index in [2.05, 4.69) is 26.6 Å². The third-order valence-corrected chi connectivity index (χ3v) is 7.57. The molecule has 0 bridgehead atoms. The van der Waals surface area contributed by atoms with Crippen LogP contribution in [0, 0.1) is 5.92 Å². The van der Waals surface area contributed by atoms with Crippen molar-refractivity contribution in [1.29, 1.82) is 0 Å². The van der Waals surface area contributed by atoms with Gasteiger partial charge in [0, 0.05) is 36.2 Å². The molecule has 1 fully saturated rings. The second-order valence-corrected chi connectivity index (χ2v) is 10.7. The average molecular weight is 590 g/mol. The SMILES string of the molecule is CC(=O)N1CCC(CC(C(=O)Nc2ccc(Br)cc2)c2ccc(C=CC(=O)Nc3ccccc3N)cc2)CC1. The minimum Gasteiger partial charge on any atom is -0.397 e. The fraction of sp³-hybridized carbons (Fsp3) is 0.258.